The number of ether oxygens (including phenoxy) is 2. The maximum absolute atomic E-state index is 11.4. The van der Waals surface area contributed by atoms with E-state index in [1.807, 2.05) is 0 Å². The molecule has 0 bridgehead atoms. The number of carbonyl (C=O) groups is 2. The van der Waals surface area contributed by atoms with Crippen LogP contribution < -0.4 is 16.8 Å². The van der Waals surface area contributed by atoms with E-state index in [2.05, 4.69) is 5.32 Å². The summed E-state index contributed by atoms with van der Waals surface area (Å²) in [6, 6.07) is 0. The fourth-order valence-electron chi connectivity index (χ4n) is 1.36. The van der Waals surface area contributed by atoms with E-state index in [0.717, 1.165) is 0 Å². The Hall–Kier alpha value is -1.34. The highest BCUT2D eigenvalue weighted by Crippen LogP contribution is 2.09. The number of nitrogens with two attached hydrogens (primary N) is 2. The Morgan fingerprint density at radius 2 is 1.83 bits per heavy atom. The Balaban J connectivity index is 4.35. The molecule has 0 aromatic rings. The van der Waals surface area contributed by atoms with E-state index in [0.29, 0.717) is 0 Å². The van der Waals surface area contributed by atoms with Crippen LogP contribution in [0.4, 0.5) is 4.79 Å². The molecule has 0 heterocycles. The molecule has 0 aliphatic heterocycles. The van der Waals surface area contributed by atoms with E-state index in [4.69, 9.17) is 20.9 Å². The van der Waals surface area contributed by atoms with Crippen LogP contribution in [0.15, 0.2) is 0 Å². The van der Waals surface area contributed by atoms with Gasteiger partial charge in [-0.25, -0.2) is 4.79 Å². The van der Waals surface area contributed by atoms with Gasteiger partial charge in [0.15, 0.2) is 0 Å². The van der Waals surface area contributed by atoms with Crippen LogP contribution in [0.3, 0.4) is 0 Å². The van der Waals surface area contributed by atoms with Crippen LogP contribution in [0.1, 0.15) is 27.2 Å². The summed E-state index contributed by atoms with van der Waals surface area (Å²) in [7, 11) is 1.45. The fraction of sp³-hybridized carbons (Fsp3) is 0.818. The largest absolute Gasteiger partial charge is 0.444 e. The number of carbonyl (C=O) groups excluding carboxylic acids is 2. The summed E-state index contributed by atoms with van der Waals surface area (Å²) in [4.78, 5) is 22.4. The van der Waals surface area contributed by atoms with Crippen molar-refractivity contribution >= 4 is 12.0 Å². The van der Waals surface area contributed by atoms with Gasteiger partial charge in [0, 0.05) is 20.1 Å². The highest BCUT2D eigenvalue weighted by atomic mass is 16.6. The van der Waals surface area contributed by atoms with Crippen molar-refractivity contribution in [1.82, 2.24) is 5.32 Å². The molecule has 0 saturated heterocycles. The average molecular weight is 261 g/mol. The first-order valence-corrected chi connectivity index (χ1v) is 5.61. The Labute approximate surface area is 107 Å². The standard InChI is InChI=1S/C11H23N3O4/c1-10(2,3)18-9(16)14-6-11(13,7-17-4)5-8(12)15/h5-7,13H2,1-4H3,(H2,12,15)(H,14,16). The highest BCUT2D eigenvalue weighted by molar-refractivity contribution is 5.75. The Morgan fingerprint density at radius 3 is 2.22 bits per heavy atom. The lowest BCUT2D eigenvalue weighted by Crippen LogP contribution is -2.55. The van der Waals surface area contributed by atoms with Gasteiger partial charge in [-0.05, 0) is 20.8 Å². The molecule has 5 N–H and O–H groups in total. The summed E-state index contributed by atoms with van der Waals surface area (Å²) in [6.07, 6.45) is -0.686. The van der Waals surface area contributed by atoms with Crippen molar-refractivity contribution in [3.8, 4) is 0 Å². The normalized spacial score (nSPS) is 14.7. The van der Waals surface area contributed by atoms with Gasteiger partial charge < -0.3 is 26.3 Å². The number of rotatable bonds is 6. The maximum atomic E-state index is 11.4. The van der Waals surface area contributed by atoms with Crippen molar-refractivity contribution in [2.75, 3.05) is 20.3 Å². The minimum absolute atomic E-state index is 0.0404. The number of primary amides is 1. The molecule has 7 heteroatoms. The van der Waals surface area contributed by atoms with Crippen LogP contribution in [0.5, 0.6) is 0 Å². The van der Waals surface area contributed by atoms with E-state index in [1.54, 1.807) is 20.8 Å². The lowest BCUT2D eigenvalue weighted by Gasteiger charge is -2.28. The van der Waals surface area contributed by atoms with Crippen LogP contribution in [-0.2, 0) is 14.3 Å². The van der Waals surface area contributed by atoms with Crippen LogP contribution in [-0.4, -0.2) is 43.4 Å². The number of alkyl carbamates (subject to hydrolysis) is 1. The number of methoxy groups -OCH3 is 1. The Bertz CT molecular complexity index is 301. The van der Waals surface area contributed by atoms with E-state index < -0.39 is 23.1 Å². The molecule has 0 radical (unpaired) electrons. The molecule has 0 aromatic heterocycles. The summed E-state index contributed by atoms with van der Waals surface area (Å²) < 4.78 is 9.97. The third kappa shape index (κ3) is 7.86. The van der Waals surface area contributed by atoms with Crippen molar-refractivity contribution in [2.45, 2.75) is 38.3 Å². The Kier molecular flexibility index (Phi) is 6.07. The number of hydrogen-bond acceptors (Lipinski definition) is 5. The molecule has 0 rings (SSSR count). The third-order valence-corrected chi connectivity index (χ3v) is 1.94. The van der Waals surface area contributed by atoms with Gasteiger partial charge in [0.05, 0.1) is 12.1 Å². The second-order valence-electron chi connectivity index (χ2n) is 5.29. The molecule has 0 aromatic carbocycles. The highest BCUT2D eigenvalue weighted by Gasteiger charge is 2.29. The van der Waals surface area contributed by atoms with Gasteiger partial charge in [-0.3, -0.25) is 4.79 Å². The SMILES string of the molecule is COCC(N)(CNC(=O)OC(C)(C)C)CC(N)=O. The molecule has 0 fully saturated rings. The van der Waals surface area contributed by atoms with Crippen LogP contribution in [0.25, 0.3) is 0 Å². The first-order chi connectivity index (χ1) is 8.08. The van der Waals surface area contributed by atoms with E-state index in [1.165, 1.54) is 7.11 Å². The molecule has 0 aliphatic rings. The number of amides is 2. The van der Waals surface area contributed by atoms with Gasteiger partial charge >= 0.3 is 6.09 Å². The predicted molar refractivity (Wildman–Crippen MR) is 66.8 cm³/mol. The molecule has 0 spiro atoms. The molecule has 0 saturated carbocycles. The van der Waals surface area contributed by atoms with Crippen LogP contribution in [0.2, 0.25) is 0 Å². The lowest BCUT2D eigenvalue weighted by molar-refractivity contribution is -0.119. The molecular weight excluding hydrogens is 238 g/mol. The quantitative estimate of drug-likeness (QED) is 0.608. The molecule has 1 atom stereocenters. The van der Waals surface area contributed by atoms with Gasteiger partial charge in [0.25, 0.3) is 0 Å². The topological polar surface area (TPSA) is 117 Å². The van der Waals surface area contributed by atoms with Crippen molar-refractivity contribution in [1.29, 1.82) is 0 Å². The van der Waals surface area contributed by atoms with Crippen molar-refractivity contribution in [3.63, 3.8) is 0 Å². The first kappa shape index (κ1) is 16.7. The molecule has 1 unspecified atom stereocenters. The molecular formula is C11H23N3O4. The second kappa shape index (κ2) is 6.55. The summed E-state index contributed by atoms with van der Waals surface area (Å²) in [5.74, 6) is -0.555. The minimum atomic E-state index is -1.03. The monoisotopic (exact) mass is 261 g/mol. The molecule has 106 valence electrons. The Morgan fingerprint density at radius 1 is 1.28 bits per heavy atom. The molecule has 2 amide bonds. The fourth-order valence-corrected chi connectivity index (χ4v) is 1.36. The molecule has 18 heavy (non-hydrogen) atoms. The first-order valence-electron chi connectivity index (χ1n) is 5.61. The van der Waals surface area contributed by atoms with Gasteiger partial charge in [-0.2, -0.15) is 0 Å². The second-order valence-corrected chi connectivity index (χ2v) is 5.29. The summed E-state index contributed by atoms with van der Waals surface area (Å²) in [5, 5.41) is 2.50. The van der Waals surface area contributed by atoms with Gasteiger partial charge in [0.1, 0.15) is 5.60 Å². The van der Waals surface area contributed by atoms with Gasteiger partial charge in [0.2, 0.25) is 5.91 Å². The predicted octanol–water partition coefficient (Wildman–Crippen LogP) is -0.270. The zero-order valence-electron chi connectivity index (χ0n) is 11.4. The molecule has 0 aliphatic carbocycles. The third-order valence-electron chi connectivity index (χ3n) is 1.94. The number of hydrogen-bond donors (Lipinski definition) is 3. The maximum Gasteiger partial charge on any atom is 0.407 e. The molecule has 7 nitrogen and oxygen atoms in total. The number of nitrogens with one attached hydrogen (secondary N) is 1. The average Bonchev–Trinajstić information content (AvgIpc) is 2.11. The summed E-state index contributed by atoms with van der Waals surface area (Å²) in [6.45, 7) is 5.40. The van der Waals surface area contributed by atoms with Crippen molar-refractivity contribution in [3.05, 3.63) is 0 Å². The minimum Gasteiger partial charge on any atom is -0.444 e. The summed E-state index contributed by atoms with van der Waals surface area (Å²) in [5.41, 5.74) is 9.40. The van der Waals surface area contributed by atoms with Crippen molar-refractivity contribution in [2.24, 2.45) is 11.5 Å². The summed E-state index contributed by atoms with van der Waals surface area (Å²) >= 11 is 0. The lowest BCUT2D eigenvalue weighted by atomic mass is 9.97. The van der Waals surface area contributed by atoms with Crippen LogP contribution in [0, 0.1) is 0 Å². The zero-order chi connectivity index (χ0) is 14.4. The van der Waals surface area contributed by atoms with Crippen LogP contribution >= 0.6 is 0 Å². The van der Waals surface area contributed by atoms with Gasteiger partial charge in [-0.15, -0.1) is 0 Å². The van der Waals surface area contributed by atoms with Gasteiger partial charge in [-0.1, -0.05) is 0 Å². The van der Waals surface area contributed by atoms with E-state index in [9.17, 15) is 9.59 Å². The zero-order valence-corrected chi connectivity index (χ0v) is 11.4. The van der Waals surface area contributed by atoms with Crippen molar-refractivity contribution < 1.29 is 19.1 Å². The van der Waals surface area contributed by atoms with E-state index >= 15 is 0 Å². The van der Waals surface area contributed by atoms with E-state index in [-0.39, 0.29) is 19.6 Å². The smallest absolute Gasteiger partial charge is 0.407 e.